The van der Waals surface area contributed by atoms with Gasteiger partial charge in [0.05, 0.1) is 11.4 Å². The molecule has 0 saturated carbocycles. The molecule has 0 saturated heterocycles. The fraction of sp³-hybridized carbons (Fsp3) is 0.538. The summed E-state index contributed by atoms with van der Waals surface area (Å²) in [5.74, 6) is -1.00. The summed E-state index contributed by atoms with van der Waals surface area (Å²) in [4.78, 5) is 24.2. The van der Waals surface area contributed by atoms with Crippen LogP contribution in [0, 0.1) is 5.92 Å². The van der Waals surface area contributed by atoms with Gasteiger partial charge in [0.15, 0.2) is 6.10 Å². The summed E-state index contributed by atoms with van der Waals surface area (Å²) in [6.45, 7) is 1.93. The predicted molar refractivity (Wildman–Crippen MR) is 71.5 cm³/mol. The van der Waals surface area contributed by atoms with Crippen LogP contribution in [-0.2, 0) is 17.6 Å². The smallest absolute Gasteiger partial charge is 0.334 e. The number of hydrogen-bond acceptors (Lipinski definition) is 4. The fourth-order valence-electron chi connectivity index (χ4n) is 2.18. The summed E-state index contributed by atoms with van der Waals surface area (Å²) < 4.78 is 0. The average molecular weight is 283 g/mol. The van der Waals surface area contributed by atoms with Crippen LogP contribution in [0.5, 0.6) is 0 Å². The van der Waals surface area contributed by atoms with Gasteiger partial charge < -0.3 is 15.5 Å². The topological polar surface area (TPSA) is 86.6 Å². The van der Waals surface area contributed by atoms with Gasteiger partial charge in [-0.2, -0.15) is 0 Å². The first kappa shape index (κ1) is 14.0. The third kappa shape index (κ3) is 3.33. The second kappa shape index (κ2) is 5.71. The van der Waals surface area contributed by atoms with Crippen molar-refractivity contribution < 1.29 is 19.8 Å². The highest BCUT2D eigenvalue weighted by Gasteiger charge is 2.21. The average Bonchev–Trinajstić information content (AvgIpc) is 2.78. The number of aryl methyl sites for hydroxylation is 1. The van der Waals surface area contributed by atoms with Gasteiger partial charge in [-0.05, 0) is 36.8 Å². The van der Waals surface area contributed by atoms with Crippen LogP contribution < -0.4 is 5.32 Å². The Labute approximate surface area is 115 Å². The Balaban J connectivity index is 1.98. The number of carboxylic acid groups (broad SMARTS) is 1. The summed E-state index contributed by atoms with van der Waals surface area (Å²) in [7, 11) is 0. The summed E-state index contributed by atoms with van der Waals surface area (Å²) in [6.07, 6.45) is 1.59. The van der Waals surface area contributed by atoms with E-state index in [4.69, 9.17) is 10.2 Å². The van der Waals surface area contributed by atoms with Gasteiger partial charge in [-0.3, -0.25) is 4.79 Å². The second-order valence-electron chi connectivity index (χ2n) is 4.97. The van der Waals surface area contributed by atoms with E-state index in [0.717, 1.165) is 19.3 Å². The molecule has 1 heterocycles. The number of hydrogen-bond donors (Lipinski definition) is 3. The fourth-order valence-corrected chi connectivity index (χ4v) is 3.31. The maximum absolute atomic E-state index is 11.9. The molecule has 0 bridgehead atoms. The van der Waals surface area contributed by atoms with E-state index in [9.17, 15) is 9.59 Å². The van der Waals surface area contributed by atoms with Crippen molar-refractivity contribution in [3.05, 3.63) is 21.4 Å². The molecule has 6 heteroatoms. The Hall–Kier alpha value is -1.40. The highest BCUT2D eigenvalue weighted by molar-refractivity contribution is 7.14. The number of carbonyl (C=O) groups is 2. The van der Waals surface area contributed by atoms with Gasteiger partial charge in [-0.15, -0.1) is 11.3 Å². The molecule has 5 nitrogen and oxygen atoms in total. The van der Waals surface area contributed by atoms with Crippen LogP contribution in [0.15, 0.2) is 6.07 Å². The van der Waals surface area contributed by atoms with Gasteiger partial charge in [-0.1, -0.05) is 6.92 Å². The number of rotatable bonds is 4. The minimum atomic E-state index is -1.56. The molecule has 0 radical (unpaired) electrons. The van der Waals surface area contributed by atoms with E-state index < -0.39 is 12.1 Å². The number of carbonyl (C=O) groups excluding carboxylic acids is 1. The number of thiophene rings is 1. The molecule has 0 spiro atoms. The minimum absolute atomic E-state index is 0.271. The SMILES string of the molecule is CC1CCc2sc(C(=O)NCC(O)C(=O)O)cc2C1. The Morgan fingerprint density at radius 1 is 1.58 bits per heavy atom. The zero-order valence-corrected chi connectivity index (χ0v) is 11.5. The molecule has 3 N–H and O–H groups in total. The van der Waals surface area contributed by atoms with Crippen molar-refractivity contribution in [3.63, 3.8) is 0 Å². The van der Waals surface area contributed by atoms with E-state index in [1.807, 2.05) is 6.07 Å². The van der Waals surface area contributed by atoms with Crippen LogP contribution in [0.2, 0.25) is 0 Å². The highest BCUT2D eigenvalue weighted by Crippen LogP contribution is 2.32. The van der Waals surface area contributed by atoms with Crippen LogP contribution in [-0.4, -0.2) is 34.7 Å². The van der Waals surface area contributed by atoms with E-state index >= 15 is 0 Å². The number of fused-ring (bicyclic) bond motifs is 1. The molecular weight excluding hydrogens is 266 g/mol. The van der Waals surface area contributed by atoms with Crippen molar-refractivity contribution in [1.29, 1.82) is 0 Å². The molecule has 104 valence electrons. The molecule has 2 unspecified atom stereocenters. The molecule has 1 amide bonds. The molecular formula is C13H17NO4S. The minimum Gasteiger partial charge on any atom is -0.479 e. The Morgan fingerprint density at radius 2 is 2.32 bits per heavy atom. The zero-order chi connectivity index (χ0) is 14.0. The lowest BCUT2D eigenvalue weighted by atomic mass is 9.90. The van der Waals surface area contributed by atoms with E-state index in [0.29, 0.717) is 10.8 Å². The first-order valence-corrected chi connectivity index (χ1v) is 7.09. The normalized spacial score (nSPS) is 19.6. The van der Waals surface area contributed by atoms with E-state index in [1.165, 1.54) is 21.8 Å². The van der Waals surface area contributed by atoms with Gasteiger partial charge in [-0.25, -0.2) is 4.79 Å². The first-order chi connectivity index (χ1) is 8.97. The van der Waals surface area contributed by atoms with Gasteiger partial charge >= 0.3 is 5.97 Å². The molecule has 1 aliphatic carbocycles. The van der Waals surface area contributed by atoms with Crippen molar-refractivity contribution in [2.75, 3.05) is 6.54 Å². The third-order valence-corrected chi connectivity index (χ3v) is 4.53. The summed E-state index contributed by atoms with van der Waals surface area (Å²) >= 11 is 1.46. The monoisotopic (exact) mass is 283 g/mol. The maximum atomic E-state index is 11.9. The number of nitrogens with one attached hydrogen (secondary N) is 1. The van der Waals surface area contributed by atoms with Crippen LogP contribution >= 0.6 is 11.3 Å². The molecule has 0 aliphatic heterocycles. The van der Waals surface area contributed by atoms with E-state index in [1.54, 1.807) is 0 Å². The molecule has 0 aromatic carbocycles. The van der Waals surface area contributed by atoms with Gasteiger partial charge in [0.1, 0.15) is 0 Å². The zero-order valence-electron chi connectivity index (χ0n) is 10.7. The molecule has 19 heavy (non-hydrogen) atoms. The van der Waals surface area contributed by atoms with Crippen molar-refractivity contribution in [3.8, 4) is 0 Å². The second-order valence-corrected chi connectivity index (χ2v) is 6.11. The summed E-state index contributed by atoms with van der Waals surface area (Å²) in [5.41, 5.74) is 1.23. The van der Waals surface area contributed by atoms with Crippen molar-refractivity contribution in [2.24, 2.45) is 5.92 Å². The number of amides is 1. The van der Waals surface area contributed by atoms with Crippen LogP contribution in [0.3, 0.4) is 0 Å². The molecule has 2 atom stereocenters. The van der Waals surface area contributed by atoms with Crippen LogP contribution in [0.25, 0.3) is 0 Å². The van der Waals surface area contributed by atoms with Gasteiger partial charge in [0.25, 0.3) is 5.91 Å². The lowest BCUT2D eigenvalue weighted by Gasteiger charge is -2.16. The van der Waals surface area contributed by atoms with Gasteiger partial charge in [0.2, 0.25) is 0 Å². The van der Waals surface area contributed by atoms with Crippen LogP contribution in [0.1, 0.15) is 33.5 Å². The number of aliphatic carboxylic acids is 1. The van der Waals surface area contributed by atoms with E-state index in [2.05, 4.69) is 12.2 Å². The lowest BCUT2D eigenvalue weighted by molar-refractivity contribution is -0.146. The summed E-state index contributed by atoms with van der Waals surface area (Å²) in [6, 6.07) is 1.89. The number of aliphatic hydroxyl groups is 1. The Bertz CT molecular complexity index is 497. The predicted octanol–water partition coefficient (Wildman–Crippen LogP) is 1.05. The lowest BCUT2D eigenvalue weighted by Crippen LogP contribution is -2.36. The van der Waals surface area contributed by atoms with Gasteiger partial charge in [0, 0.05) is 4.88 Å². The third-order valence-electron chi connectivity index (χ3n) is 3.29. The standard InChI is InChI=1S/C13H17NO4S/c1-7-2-3-10-8(4-7)5-11(19-10)12(16)14-6-9(15)13(17)18/h5,7,9,15H,2-4,6H2,1H3,(H,14,16)(H,17,18). The molecule has 0 fully saturated rings. The van der Waals surface area contributed by atoms with Crippen molar-refractivity contribution in [1.82, 2.24) is 5.32 Å². The van der Waals surface area contributed by atoms with E-state index in [-0.39, 0.29) is 12.5 Å². The Morgan fingerprint density at radius 3 is 3.00 bits per heavy atom. The molecule has 1 aliphatic rings. The van der Waals surface area contributed by atoms with Crippen LogP contribution in [0.4, 0.5) is 0 Å². The molecule has 1 aromatic rings. The highest BCUT2D eigenvalue weighted by atomic mass is 32.1. The molecule has 2 rings (SSSR count). The maximum Gasteiger partial charge on any atom is 0.334 e. The van der Waals surface area contributed by atoms with Crippen molar-refractivity contribution in [2.45, 2.75) is 32.3 Å². The first-order valence-electron chi connectivity index (χ1n) is 6.28. The number of carboxylic acids is 1. The summed E-state index contributed by atoms with van der Waals surface area (Å²) in [5, 5.41) is 20.1. The van der Waals surface area contributed by atoms with Crippen molar-refractivity contribution >= 4 is 23.2 Å². The molecule has 1 aromatic heterocycles. The quantitative estimate of drug-likeness (QED) is 0.771. The largest absolute Gasteiger partial charge is 0.479 e. The number of aliphatic hydroxyl groups excluding tert-OH is 1. The Kier molecular flexibility index (Phi) is 4.21.